The highest BCUT2D eigenvalue weighted by Crippen LogP contribution is 2.32. The van der Waals surface area contributed by atoms with Crippen LogP contribution in [0.3, 0.4) is 0 Å². The summed E-state index contributed by atoms with van der Waals surface area (Å²) >= 11 is 0. The van der Waals surface area contributed by atoms with Crippen molar-refractivity contribution in [3.05, 3.63) is 36.1 Å². The molecule has 1 aromatic carbocycles. The Labute approximate surface area is 145 Å². The predicted octanol–water partition coefficient (Wildman–Crippen LogP) is 1.16. The Balaban J connectivity index is 1.23. The first kappa shape index (κ1) is 15.9. The molecule has 0 saturated carbocycles. The predicted molar refractivity (Wildman–Crippen MR) is 89.4 cm³/mol. The Kier molecular flexibility index (Phi) is 4.53. The Morgan fingerprint density at radius 1 is 1.08 bits per heavy atom. The first-order chi connectivity index (χ1) is 12.3. The van der Waals surface area contributed by atoms with Gasteiger partial charge in [0.15, 0.2) is 17.3 Å². The first-order valence-electron chi connectivity index (χ1n) is 8.30. The van der Waals surface area contributed by atoms with Crippen molar-refractivity contribution < 1.29 is 18.8 Å². The van der Waals surface area contributed by atoms with Gasteiger partial charge in [0.2, 0.25) is 12.7 Å². The molecule has 25 heavy (non-hydrogen) atoms. The molecule has 1 saturated heterocycles. The normalized spacial score (nSPS) is 17.6. The van der Waals surface area contributed by atoms with Crippen LogP contribution in [0.2, 0.25) is 0 Å². The molecule has 1 amide bonds. The summed E-state index contributed by atoms with van der Waals surface area (Å²) < 4.78 is 15.5. The van der Waals surface area contributed by atoms with Crippen LogP contribution in [0.25, 0.3) is 0 Å². The zero-order valence-electron chi connectivity index (χ0n) is 13.8. The maximum absolute atomic E-state index is 12.0. The van der Waals surface area contributed by atoms with Crippen molar-refractivity contribution >= 4 is 11.7 Å². The second-order valence-electron chi connectivity index (χ2n) is 6.17. The lowest BCUT2D eigenvalue weighted by Gasteiger charge is -2.34. The monoisotopic (exact) mass is 344 g/mol. The van der Waals surface area contributed by atoms with Crippen LogP contribution in [0, 0.1) is 0 Å². The molecule has 0 aliphatic carbocycles. The van der Waals surface area contributed by atoms with E-state index in [0.29, 0.717) is 19.2 Å². The molecule has 0 atom stereocenters. The number of amides is 1. The molecule has 0 radical (unpaired) electrons. The standard InChI is InChI=1S/C17H20N4O4/c22-17(18-16-3-8-25-19-16)11-21-6-4-20(5-7-21)10-13-1-2-14-15(9-13)24-12-23-14/h1-3,8-9H,4-7,10-12H2,(H,18,19,22). The number of fused-ring (bicyclic) bond motifs is 1. The molecule has 1 aromatic heterocycles. The number of benzene rings is 1. The lowest BCUT2D eigenvalue weighted by molar-refractivity contribution is -0.117. The summed E-state index contributed by atoms with van der Waals surface area (Å²) in [6.07, 6.45) is 1.44. The first-order valence-corrected chi connectivity index (χ1v) is 8.30. The van der Waals surface area contributed by atoms with E-state index >= 15 is 0 Å². The maximum atomic E-state index is 12.0. The van der Waals surface area contributed by atoms with Gasteiger partial charge in [0, 0.05) is 38.8 Å². The van der Waals surface area contributed by atoms with Gasteiger partial charge < -0.3 is 19.3 Å². The van der Waals surface area contributed by atoms with Crippen LogP contribution in [0.15, 0.2) is 35.1 Å². The van der Waals surface area contributed by atoms with Gasteiger partial charge in [0.25, 0.3) is 0 Å². The minimum absolute atomic E-state index is 0.0712. The van der Waals surface area contributed by atoms with Crippen LogP contribution in [0.5, 0.6) is 11.5 Å². The third-order valence-electron chi connectivity index (χ3n) is 4.38. The van der Waals surface area contributed by atoms with E-state index in [2.05, 4.69) is 26.3 Å². The second kappa shape index (κ2) is 7.12. The SMILES string of the molecule is O=C(CN1CCN(Cc2ccc3c(c2)OCO3)CC1)Nc1ccon1. The molecule has 2 aromatic rings. The number of carbonyl (C=O) groups is 1. The third kappa shape index (κ3) is 3.92. The fourth-order valence-electron chi connectivity index (χ4n) is 3.07. The lowest BCUT2D eigenvalue weighted by atomic mass is 10.1. The Hall–Kier alpha value is -2.58. The van der Waals surface area contributed by atoms with E-state index in [-0.39, 0.29) is 5.91 Å². The van der Waals surface area contributed by atoms with Crippen molar-refractivity contribution in [2.75, 3.05) is 44.8 Å². The summed E-state index contributed by atoms with van der Waals surface area (Å²) in [5.41, 5.74) is 1.21. The quantitative estimate of drug-likeness (QED) is 0.872. The van der Waals surface area contributed by atoms with Gasteiger partial charge in [-0.1, -0.05) is 11.2 Å². The molecular formula is C17H20N4O4. The zero-order chi connectivity index (χ0) is 17.1. The van der Waals surface area contributed by atoms with Gasteiger partial charge >= 0.3 is 0 Å². The van der Waals surface area contributed by atoms with Crippen LogP contribution in [0.1, 0.15) is 5.56 Å². The van der Waals surface area contributed by atoms with Gasteiger partial charge in [-0.05, 0) is 17.7 Å². The van der Waals surface area contributed by atoms with Crippen molar-refractivity contribution in [2.24, 2.45) is 0 Å². The van der Waals surface area contributed by atoms with Crippen LogP contribution in [-0.4, -0.2) is 60.4 Å². The summed E-state index contributed by atoms with van der Waals surface area (Å²) in [4.78, 5) is 16.5. The molecule has 8 nitrogen and oxygen atoms in total. The molecule has 0 spiro atoms. The molecular weight excluding hydrogens is 324 g/mol. The largest absolute Gasteiger partial charge is 0.454 e. The minimum atomic E-state index is -0.0712. The zero-order valence-corrected chi connectivity index (χ0v) is 13.8. The molecule has 2 aliphatic heterocycles. The molecule has 0 unspecified atom stereocenters. The molecule has 132 valence electrons. The number of ether oxygens (including phenoxy) is 2. The average molecular weight is 344 g/mol. The van der Waals surface area contributed by atoms with Gasteiger partial charge in [0.1, 0.15) is 6.26 Å². The van der Waals surface area contributed by atoms with E-state index in [1.807, 2.05) is 12.1 Å². The summed E-state index contributed by atoms with van der Waals surface area (Å²) in [6.45, 7) is 5.10. The number of nitrogens with one attached hydrogen (secondary N) is 1. The van der Waals surface area contributed by atoms with E-state index in [1.54, 1.807) is 6.07 Å². The Morgan fingerprint density at radius 3 is 2.68 bits per heavy atom. The molecule has 2 aliphatic rings. The second-order valence-corrected chi connectivity index (χ2v) is 6.17. The summed E-state index contributed by atoms with van der Waals surface area (Å²) in [7, 11) is 0. The highest BCUT2D eigenvalue weighted by atomic mass is 16.7. The van der Waals surface area contributed by atoms with Crippen molar-refractivity contribution in [1.29, 1.82) is 0 Å². The highest BCUT2D eigenvalue weighted by molar-refractivity contribution is 5.91. The summed E-state index contributed by atoms with van der Waals surface area (Å²) in [6, 6.07) is 7.70. The van der Waals surface area contributed by atoms with E-state index < -0.39 is 0 Å². The molecule has 3 heterocycles. The van der Waals surface area contributed by atoms with Gasteiger partial charge in [-0.3, -0.25) is 14.6 Å². The van der Waals surface area contributed by atoms with Crippen LogP contribution < -0.4 is 14.8 Å². The average Bonchev–Trinajstić information content (AvgIpc) is 3.27. The third-order valence-corrected chi connectivity index (χ3v) is 4.38. The van der Waals surface area contributed by atoms with Crippen LogP contribution >= 0.6 is 0 Å². The highest BCUT2D eigenvalue weighted by Gasteiger charge is 2.20. The molecule has 8 heteroatoms. The molecule has 4 rings (SSSR count). The fraction of sp³-hybridized carbons (Fsp3) is 0.412. The van der Waals surface area contributed by atoms with E-state index in [0.717, 1.165) is 44.2 Å². The number of hydrogen-bond acceptors (Lipinski definition) is 7. The minimum Gasteiger partial charge on any atom is -0.454 e. The summed E-state index contributed by atoms with van der Waals surface area (Å²) in [5.74, 6) is 2.01. The van der Waals surface area contributed by atoms with E-state index in [4.69, 9.17) is 14.0 Å². The number of nitrogens with zero attached hydrogens (tertiary/aromatic N) is 3. The van der Waals surface area contributed by atoms with Crippen molar-refractivity contribution in [3.63, 3.8) is 0 Å². The number of aromatic nitrogens is 1. The van der Waals surface area contributed by atoms with Gasteiger partial charge in [0.05, 0.1) is 6.54 Å². The number of rotatable bonds is 5. The topological polar surface area (TPSA) is 80.1 Å². The van der Waals surface area contributed by atoms with E-state index in [9.17, 15) is 4.79 Å². The Bertz CT molecular complexity index is 726. The van der Waals surface area contributed by atoms with Crippen LogP contribution in [-0.2, 0) is 11.3 Å². The number of hydrogen-bond donors (Lipinski definition) is 1. The van der Waals surface area contributed by atoms with Crippen molar-refractivity contribution in [2.45, 2.75) is 6.54 Å². The fourth-order valence-corrected chi connectivity index (χ4v) is 3.07. The van der Waals surface area contributed by atoms with Crippen molar-refractivity contribution in [1.82, 2.24) is 15.0 Å². The van der Waals surface area contributed by atoms with Gasteiger partial charge in [-0.2, -0.15) is 0 Å². The Morgan fingerprint density at radius 2 is 1.88 bits per heavy atom. The van der Waals surface area contributed by atoms with Gasteiger partial charge in [-0.25, -0.2) is 0 Å². The van der Waals surface area contributed by atoms with Gasteiger partial charge in [-0.15, -0.1) is 0 Å². The maximum Gasteiger partial charge on any atom is 0.239 e. The molecule has 1 N–H and O–H groups in total. The van der Waals surface area contributed by atoms with E-state index in [1.165, 1.54) is 11.8 Å². The number of carbonyl (C=O) groups excluding carboxylic acids is 1. The lowest BCUT2D eigenvalue weighted by Crippen LogP contribution is -2.48. The molecule has 0 bridgehead atoms. The molecule has 1 fully saturated rings. The number of piperazine rings is 1. The van der Waals surface area contributed by atoms with Crippen molar-refractivity contribution in [3.8, 4) is 11.5 Å². The summed E-state index contributed by atoms with van der Waals surface area (Å²) in [5, 5.41) is 6.40. The smallest absolute Gasteiger partial charge is 0.239 e. The number of anilines is 1. The van der Waals surface area contributed by atoms with Crippen LogP contribution in [0.4, 0.5) is 5.82 Å².